The van der Waals surface area contributed by atoms with Gasteiger partial charge in [-0.3, -0.25) is 9.59 Å². The molecule has 1 spiro atoms. The normalized spacial score (nSPS) is 20.6. The van der Waals surface area contributed by atoms with Crippen LogP contribution in [0.2, 0.25) is 0 Å². The van der Waals surface area contributed by atoms with E-state index in [1.165, 1.54) is 14.7 Å². The second-order valence-electron chi connectivity index (χ2n) is 11.7. The second kappa shape index (κ2) is 10.2. The Labute approximate surface area is 226 Å². The molecule has 1 saturated carbocycles. The van der Waals surface area contributed by atoms with Gasteiger partial charge in [0.05, 0.1) is 22.9 Å². The van der Waals surface area contributed by atoms with E-state index >= 15 is 0 Å². The number of benzene rings is 1. The van der Waals surface area contributed by atoms with Gasteiger partial charge < -0.3 is 29.9 Å². The van der Waals surface area contributed by atoms with Crippen LogP contribution in [0.15, 0.2) is 12.1 Å². The van der Waals surface area contributed by atoms with Crippen LogP contribution < -0.4 is 15.4 Å². The van der Waals surface area contributed by atoms with E-state index in [1.807, 2.05) is 0 Å². The Bertz CT molecular complexity index is 1140. The van der Waals surface area contributed by atoms with Crippen LogP contribution in [0.3, 0.4) is 0 Å². The van der Waals surface area contributed by atoms with E-state index in [0.717, 1.165) is 12.1 Å². The fraction of sp³-hybridized carbons (Fsp3) is 0.667. The first-order valence-electron chi connectivity index (χ1n) is 13.3. The molecule has 3 aliphatic rings. The maximum absolute atomic E-state index is 14.3. The first-order valence-corrected chi connectivity index (χ1v) is 13.3. The van der Waals surface area contributed by atoms with Crippen molar-refractivity contribution in [3.8, 4) is 5.75 Å². The summed E-state index contributed by atoms with van der Waals surface area (Å²) < 4.78 is 54.3. The summed E-state index contributed by atoms with van der Waals surface area (Å²) in [5.41, 5.74) is 2.24. The van der Waals surface area contributed by atoms with Crippen LogP contribution in [0.1, 0.15) is 76.2 Å². The summed E-state index contributed by atoms with van der Waals surface area (Å²) in [5.74, 6) is -1.28. The molecule has 2 heterocycles. The highest BCUT2D eigenvalue weighted by molar-refractivity contribution is 6.06. The van der Waals surface area contributed by atoms with E-state index in [0.29, 0.717) is 32.2 Å². The summed E-state index contributed by atoms with van der Waals surface area (Å²) in [6.07, 6.45) is -3.49. The molecule has 1 saturated heterocycles. The highest BCUT2D eigenvalue weighted by Gasteiger charge is 2.58. The van der Waals surface area contributed by atoms with E-state index in [1.54, 1.807) is 34.6 Å². The highest BCUT2D eigenvalue weighted by Crippen LogP contribution is 2.51. The van der Waals surface area contributed by atoms with Gasteiger partial charge in [-0.1, -0.05) is 0 Å². The van der Waals surface area contributed by atoms with Gasteiger partial charge in [0.15, 0.2) is 5.60 Å². The number of likely N-dealkylation sites (tertiary alicyclic amines) is 1. The van der Waals surface area contributed by atoms with Gasteiger partial charge in [0.1, 0.15) is 11.4 Å². The number of carbonyl (C=O) groups is 3. The number of carbonyl (C=O) groups excluding carboxylic acids is 3. The third-order valence-corrected chi connectivity index (χ3v) is 7.16. The molecule has 0 radical (unpaired) electrons. The zero-order valence-corrected chi connectivity index (χ0v) is 23.1. The number of hydrogen-bond donors (Lipinski definition) is 1. The molecular formula is C27H37F3N4O5. The molecule has 39 heavy (non-hydrogen) atoms. The summed E-state index contributed by atoms with van der Waals surface area (Å²) in [4.78, 5) is 44.0. The van der Waals surface area contributed by atoms with Crippen molar-refractivity contribution in [2.75, 3.05) is 31.1 Å². The molecule has 1 aromatic carbocycles. The Kier molecular flexibility index (Phi) is 7.57. The minimum Gasteiger partial charge on any atom is -0.475 e. The number of anilines is 1. The van der Waals surface area contributed by atoms with Gasteiger partial charge in [0.2, 0.25) is 0 Å². The van der Waals surface area contributed by atoms with Crippen LogP contribution in [0, 0.1) is 0 Å². The monoisotopic (exact) mass is 554 g/mol. The van der Waals surface area contributed by atoms with E-state index in [4.69, 9.17) is 15.2 Å². The van der Waals surface area contributed by atoms with Gasteiger partial charge in [0, 0.05) is 45.1 Å². The minimum absolute atomic E-state index is 0.0807. The Morgan fingerprint density at radius 1 is 1.23 bits per heavy atom. The Morgan fingerprint density at radius 2 is 1.90 bits per heavy atom. The summed E-state index contributed by atoms with van der Waals surface area (Å²) in [6, 6.07) is 0.938. The largest absolute Gasteiger partial charge is 0.475 e. The van der Waals surface area contributed by atoms with Crippen LogP contribution in [-0.4, -0.2) is 77.2 Å². The molecule has 2 aliphatic heterocycles. The number of nitrogens with two attached hydrogens (primary N) is 1. The lowest BCUT2D eigenvalue weighted by molar-refractivity contribution is -0.138. The standard InChI is InChI=1S/C27H37F3N4O5/c1-16(2)34(17-7-6-11-32(15-17)24(37)39-25(3,4)5)22(35)18-13-20-21(14-19(18)27(28,29)30)38-26(8-9-26)23(36)33(20)12-10-31/h13-14,16-17H,6-12,15,31H2,1-5H3/t17-/m1/s1. The zero-order valence-electron chi connectivity index (χ0n) is 23.1. The SMILES string of the molecule is CC(C)N(C(=O)c1cc2c(cc1C(F)(F)F)OC1(CC1)C(=O)N2CCN)[C@@H]1CCCN(C(=O)OC(C)(C)C)C1. The molecule has 216 valence electrons. The van der Waals surface area contributed by atoms with Crippen molar-refractivity contribution in [3.63, 3.8) is 0 Å². The average Bonchev–Trinajstić information content (AvgIpc) is 3.60. The molecule has 1 atom stereocenters. The molecule has 3 amide bonds. The van der Waals surface area contributed by atoms with Crippen molar-refractivity contribution in [3.05, 3.63) is 23.3 Å². The van der Waals surface area contributed by atoms with E-state index in [2.05, 4.69) is 0 Å². The number of hydrogen-bond acceptors (Lipinski definition) is 6. The lowest BCUT2D eigenvalue weighted by Crippen LogP contribution is -2.54. The van der Waals surface area contributed by atoms with Crippen molar-refractivity contribution in [2.45, 2.75) is 89.8 Å². The number of alkyl halides is 3. The molecule has 0 aromatic heterocycles. The number of rotatable bonds is 5. The van der Waals surface area contributed by atoms with Crippen LogP contribution in [-0.2, 0) is 15.7 Å². The number of ether oxygens (including phenoxy) is 2. The van der Waals surface area contributed by atoms with Crippen LogP contribution in [0.4, 0.5) is 23.7 Å². The van der Waals surface area contributed by atoms with Gasteiger partial charge in [-0.15, -0.1) is 0 Å². The first-order chi connectivity index (χ1) is 18.1. The molecule has 0 unspecified atom stereocenters. The molecule has 0 bridgehead atoms. The smallest absolute Gasteiger partial charge is 0.417 e. The Balaban J connectivity index is 1.72. The summed E-state index contributed by atoms with van der Waals surface area (Å²) >= 11 is 0. The minimum atomic E-state index is -4.85. The summed E-state index contributed by atoms with van der Waals surface area (Å²) in [6.45, 7) is 9.42. The molecule has 2 fully saturated rings. The van der Waals surface area contributed by atoms with Crippen molar-refractivity contribution >= 4 is 23.6 Å². The summed E-state index contributed by atoms with van der Waals surface area (Å²) in [7, 11) is 0. The number of nitrogens with zero attached hydrogens (tertiary/aromatic N) is 3. The predicted molar refractivity (Wildman–Crippen MR) is 138 cm³/mol. The van der Waals surface area contributed by atoms with Crippen molar-refractivity contribution in [1.82, 2.24) is 9.80 Å². The fourth-order valence-corrected chi connectivity index (χ4v) is 5.30. The van der Waals surface area contributed by atoms with Crippen LogP contribution >= 0.6 is 0 Å². The third-order valence-electron chi connectivity index (χ3n) is 7.16. The fourth-order valence-electron chi connectivity index (χ4n) is 5.30. The summed E-state index contributed by atoms with van der Waals surface area (Å²) in [5, 5.41) is 0. The average molecular weight is 555 g/mol. The molecular weight excluding hydrogens is 517 g/mol. The van der Waals surface area contributed by atoms with Crippen molar-refractivity contribution in [1.29, 1.82) is 0 Å². The van der Waals surface area contributed by atoms with E-state index in [9.17, 15) is 27.6 Å². The third kappa shape index (κ3) is 5.80. The molecule has 9 nitrogen and oxygen atoms in total. The molecule has 2 N–H and O–H groups in total. The predicted octanol–water partition coefficient (Wildman–Crippen LogP) is 4.17. The van der Waals surface area contributed by atoms with Crippen molar-refractivity contribution in [2.24, 2.45) is 5.73 Å². The van der Waals surface area contributed by atoms with E-state index < -0.39 is 52.6 Å². The van der Waals surface area contributed by atoms with Crippen molar-refractivity contribution < 1.29 is 37.0 Å². The van der Waals surface area contributed by atoms with E-state index in [-0.39, 0.29) is 37.0 Å². The number of piperidine rings is 1. The number of amides is 3. The molecule has 12 heteroatoms. The maximum Gasteiger partial charge on any atom is 0.417 e. The second-order valence-corrected chi connectivity index (χ2v) is 11.7. The molecule has 4 rings (SSSR count). The highest BCUT2D eigenvalue weighted by atomic mass is 19.4. The quantitative estimate of drug-likeness (QED) is 0.586. The lowest BCUT2D eigenvalue weighted by Gasteiger charge is -2.42. The van der Waals surface area contributed by atoms with Gasteiger partial charge >= 0.3 is 12.3 Å². The zero-order chi connectivity index (χ0) is 28.9. The molecule has 1 aromatic rings. The Morgan fingerprint density at radius 3 is 2.44 bits per heavy atom. The first kappa shape index (κ1) is 29.0. The number of fused-ring (bicyclic) bond motifs is 1. The molecule has 1 aliphatic carbocycles. The van der Waals surface area contributed by atoms with Gasteiger partial charge in [-0.25, -0.2) is 4.79 Å². The maximum atomic E-state index is 14.3. The van der Waals surface area contributed by atoms with Gasteiger partial charge in [0.25, 0.3) is 11.8 Å². The van der Waals surface area contributed by atoms with Crippen LogP contribution in [0.5, 0.6) is 5.75 Å². The van der Waals surface area contributed by atoms with Gasteiger partial charge in [-0.05, 0) is 59.6 Å². The topological polar surface area (TPSA) is 105 Å². The van der Waals surface area contributed by atoms with Crippen LogP contribution in [0.25, 0.3) is 0 Å². The van der Waals surface area contributed by atoms with Gasteiger partial charge in [-0.2, -0.15) is 13.2 Å². The lowest BCUT2D eigenvalue weighted by atomic mass is 9.97. The number of halogens is 3. The Hall–Kier alpha value is -3.02.